The van der Waals surface area contributed by atoms with Crippen LogP contribution in [-0.2, 0) is 0 Å². The number of rotatable bonds is 2. The molecule has 186 valence electrons. The maximum absolute atomic E-state index is 6.88. The van der Waals surface area contributed by atoms with E-state index in [0.717, 1.165) is 33.4 Å². The van der Waals surface area contributed by atoms with E-state index in [0.29, 0.717) is 0 Å². The molecular weight excluding hydrogens is 503 g/mol. The smallest absolute Gasteiger partial charge is 0.250 e. The van der Waals surface area contributed by atoms with E-state index in [9.17, 15) is 0 Å². The summed E-state index contributed by atoms with van der Waals surface area (Å²) in [6.45, 7) is 0.0665. The number of fused-ring (bicyclic) bond motifs is 8. The third-order valence-corrected chi connectivity index (χ3v) is 13.8. The Bertz CT molecular complexity index is 2060. The summed E-state index contributed by atoms with van der Waals surface area (Å²) in [5, 5.41) is 7.83. The number of benzene rings is 6. The van der Waals surface area contributed by atoms with E-state index in [1.54, 1.807) is 0 Å². The van der Waals surface area contributed by atoms with Gasteiger partial charge in [-0.25, -0.2) is 0 Å². The summed E-state index contributed by atoms with van der Waals surface area (Å²) in [6.07, 6.45) is 0. The lowest BCUT2D eigenvalue weighted by molar-refractivity contribution is 0.481. The number of ether oxygens (including phenoxy) is 1. The van der Waals surface area contributed by atoms with Gasteiger partial charge in [-0.05, 0) is 43.8 Å². The van der Waals surface area contributed by atoms with Gasteiger partial charge in [0.1, 0.15) is 11.3 Å². The van der Waals surface area contributed by atoms with Crippen molar-refractivity contribution in [2.24, 2.45) is 0 Å². The highest BCUT2D eigenvalue weighted by Gasteiger charge is 2.52. The largest absolute Gasteiger partial charge is 0.454 e. The van der Waals surface area contributed by atoms with Crippen molar-refractivity contribution < 1.29 is 9.15 Å². The summed E-state index contributed by atoms with van der Waals surface area (Å²) in [4.78, 5) is 0. The van der Waals surface area contributed by atoms with Gasteiger partial charge >= 0.3 is 0 Å². The molecule has 0 saturated heterocycles. The van der Waals surface area contributed by atoms with Crippen molar-refractivity contribution in [3.63, 3.8) is 0 Å². The third-order valence-electron chi connectivity index (χ3n) is 8.90. The summed E-state index contributed by atoms with van der Waals surface area (Å²) in [5.41, 5.74) is 5.54. The van der Waals surface area contributed by atoms with Crippen LogP contribution in [0.5, 0.6) is 11.5 Å². The lowest BCUT2D eigenvalue weighted by Crippen LogP contribution is -2.87. The van der Waals surface area contributed by atoms with Crippen LogP contribution in [-0.4, -0.2) is 14.8 Å². The Hall–Kier alpha value is -4.80. The van der Waals surface area contributed by atoms with Crippen molar-refractivity contribution in [3.05, 3.63) is 140 Å². The van der Waals surface area contributed by atoms with Crippen LogP contribution in [0.2, 0.25) is 0 Å². The summed E-state index contributed by atoms with van der Waals surface area (Å²) in [7, 11) is -2.64. The lowest BCUT2D eigenvalue weighted by Gasteiger charge is -2.44. The Morgan fingerprint density at radius 3 is 1.98 bits per heavy atom. The Kier molecular flexibility index (Phi) is 4.47. The molecule has 0 fully saturated rings. The monoisotopic (exact) mass is 526 g/mol. The van der Waals surface area contributed by atoms with Gasteiger partial charge in [0.2, 0.25) is 0 Å². The predicted octanol–water partition coefficient (Wildman–Crippen LogP) is 3.90. The molecule has 1 aromatic heterocycles. The van der Waals surface area contributed by atoms with Crippen LogP contribution in [0.4, 0.5) is 0 Å². The summed E-state index contributed by atoms with van der Waals surface area (Å²) < 4.78 is 13.3. The first kappa shape index (κ1) is 22.1. The highest BCUT2D eigenvalue weighted by Crippen LogP contribution is 2.37. The molecule has 7 aromatic rings. The molecular formula is C36H23BO2Si. The Labute approximate surface area is 233 Å². The first-order chi connectivity index (χ1) is 19.9. The number of hydrogen-bond acceptors (Lipinski definition) is 2. The van der Waals surface area contributed by atoms with Crippen LogP contribution in [0.15, 0.2) is 144 Å². The van der Waals surface area contributed by atoms with Crippen molar-refractivity contribution in [2.45, 2.75) is 0 Å². The topological polar surface area (TPSA) is 22.4 Å². The molecule has 0 N–H and O–H groups in total. The first-order valence-corrected chi connectivity index (χ1v) is 15.8. The van der Waals surface area contributed by atoms with Crippen LogP contribution in [0, 0.1) is 0 Å². The zero-order chi connectivity index (χ0) is 26.3. The predicted molar refractivity (Wildman–Crippen MR) is 169 cm³/mol. The van der Waals surface area contributed by atoms with Gasteiger partial charge in [-0.2, -0.15) is 0 Å². The molecule has 0 radical (unpaired) electrons. The van der Waals surface area contributed by atoms with E-state index >= 15 is 0 Å². The highest BCUT2D eigenvalue weighted by atomic mass is 28.3. The third kappa shape index (κ3) is 2.73. The van der Waals surface area contributed by atoms with Gasteiger partial charge in [0, 0.05) is 10.8 Å². The van der Waals surface area contributed by atoms with Crippen LogP contribution in [0.3, 0.4) is 0 Å². The summed E-state index contributed by atoms with van der Waals surface area (Å²) in [6, 6.07) is 50.8. The molecule has 40 heavy (non-hydrogen) atoms. The van der Waals surface area contributed by atoms with Crippen LogP contribution in [0.1, 0.15) is 0 Å². The standard InChI is InChI=1S/C36H23BO2Si/c1-3-12-24(13-4-1)40(25-14-5-2-6-15-25)32-20-10-8-17-28(32)37-29-23-22-27-26-16-7-9-18-30(26)38-35(27)36(29)39-31-19-11-21-33(40)34(31)37/h1-23H. The second kappa shape index (κ2) is 8.11. The lowest BCUT2D eigenvalue weighted by atomic mass is 9.35. The van der Waals surface area contributed by atoms with Crippen LogP contribution >= 0.6 is 0 Å². The summed E-state index contributed by atoms with van der Waals surface area (Å²) in [5.74, 6) is 1.77. The number of para-hydroxylation sites is 1. The van der Waals surface area contributed by atoms with Crippen molar-refractivity contribution in [1.29, 1.82) is 0 Å². The Morgan fingerprint density at radius 2 is 1.18 bits per heavy atom. The minimum absolute atomic E-state index is 0.0665. The maximum Gasteiger partial charge on any atom is 0.250 e. The summed E-state index contributed by atoms with van der Waals surface area (Å²) >= 11 is 0. The van der Waals surface area contributed by atoms with Gasteiger partial charge in [-0.3, -0.25) is 0 Å². The van der Waals surface area contributed by atoms with Crippen LogP contribution in [0.25, 0.3) is 21.9 Å². The number of hydrogen-bond donors (Lipinski definition) is 0. The molecule has 4 heteroatoms. The van der Waals surface area contributed by atoms with E-state index in [1.165, 1.54) is 37.1 Å². The zero-order valence-corrected chi connectivity index (χ0v) is 22.7. The molecule has 2 aliphatic rings. The molecule has 0 atom stereocenters. The molecule has 2 nitrogen and oxygen atoms in total. The molecule has 0 aliphatic carbocycles. The molecule has 2 aliphatic heterocycles. The Morgan fingerprint density at radius 1 is 0.500 bits per heavy atom. The van der Waals surface area contributed by atoms with Crippen molar-refractivity contribution in [2.75, 3.05) is 0 Å². The molecule has 3 heterocycles. The maximum atomic E-state index is 6.88. The van der Waals surface area contributed by atoms with Gasteiger partial charge in [0.15, 0.2) is 19.4 Å². The van der Waals surface area contributed by atoms with Crippen molar-refractivity contribution >= 4 is 73.9 Å². The van der Waals surface area contributed by atoms with E-state index in [2.05, 4.69) is 127 Å². The van der Waals surface area contributed by atoms with Crippen molar-refractivity contribution in [1.82, 2.24) is 0 Å². The average Bonchev–Trinajstić information content (AvgIpc) is 3.41. The molecule has 0 saturated carbocycles. The molecule has 0 amide bonds. The molecule has 6 aromatic carbocycles. The van der Waals surface area contributed by atoms with E-state index < -0.39 is 8.07 Å². The zero-order valence-electron chi connectivity index (χ0n) is 21.7. The van der Waals surface area contributed by atoms with Gasteiger partial charge in [-0.15, -0.1) is 0 Å². The van der Waals surface area contributed by atoms with E-state index in [1.807, 2.05) is 12.1 Å². The second-order valence-electron chi connectivity index (χ2n) is 10.8. The van der Waals surface area contributed by atoms with Gasteiger partial charge in [-0.1, -0.05) is 133 Å². The van der Waals surface area contributed by atoms with E-state index in [4.69, 9.17) is 9.15 Å². The fraction of sp³-hybridized carbons (Fsp3) is 0. The first-order valence-electron chi connectivity index (χ1n) is 13.8. The molecule has 9 rings (SSSR count). The van der Waals surface area contributed by atoms with Gasteiger partial charge < -0.3 is 9.15 Å². The fourth-order valence-electron chi connectivity index (χ4n) is 7.36. The average molecular weight is 526 g/mol. The number of furan rings is 1. The SMILES string of the molecule is c1ccc([Si]2(c3ccccc3)c3ccccc3B3c4ccc5c(oc6ccccc65)c4Oc4cccc2c43)cc1. The fourth-order valence-corrected chi connectivity index (χ4v) is 12.6. The minimum Gasteiger partial charge on any atom is -0.454 e. The molecule has 0 unspecified atom stereocenters. The highest BCUT2D eigenvalue weighted by molar-refractivity contribution is 7.26. The second-order valence-corrected chi connectivity index (χ2v) is 14.5. The molecule has 0 bridgehead atoms. The van der Waals surface area contributed by atoms with Crippen LogP contribution < -0.4 is 41.9 Å². The minimum atomic E-state index is -2.64. The molecule has 0 spiro atoms. The normalized spacial score (nSPS) is 14.3. The van der Waals surface area contributed by atoms with Gasteiger partial charge in [0.05, 0.1) is 0 Å². The Balaban J connectivity index is 1.42. The van der Waals surface area contributed by atoms with E-state index in [-0.39, 0.29) is 6.71 Å². The van der Waals surface area contributed by atoms with Gasteiger partial charge in [0.25, 0.3) is 6.71 Å². The van der Waals surface area contributed by atoms with Crippen molar-refractivity contribution in [3.8, 4) is 11.5 Å². The quantitative estimate of drug-likeness (QED) is 0.319.